The second-order valence-corrected chi connectivity index (χ2v) is 7.95. The molecule has 12 nitrogen and oxygen atoms in total. The summed E-state index contributed by atoms with van der Waals surface area (Å²) in [5, 5.41) is 7.40. The molecule has 0 aliphatic carbocycles. The highest BCUT2D eigenvalue weighted by Gasteiger charge is 2.13. The summed E-state index contributed by atoms with van der Waals surface area (Å²) in [5.74, 6) is -1.57. The summed E-state index contributed by atoms with van der Waals surface area (Å²) in [7, 11) is 2.59. The largest absolute Gasteiger partial charge is 0.465 e. The van der Waals surface area contributed by atoms with Crippen LogP contribution in [0, 0.1) is 0 Å². The van der Waals surface area contributed by atoms with Gasteiger partial charge >= 0.3 is 23.8 Å². The van der Waals surface area contributed by atoms with Gasteiger partial charge in [-0.3, -0.25) is 9.59 Å². The molecule has 0 fully saturated rings. The minimum atomic E-state index is -1.06. The third-order valence-electron chi connectivity index (χ3n) is 5.31. The molecule has 4 rings (SSSR count). The van der Waals surface area contributed by atoms with Crippen LogP contribution in [0.5, 0.6) is 0 Å². The average molecular weight is 543 g/mol. The number of furan rings is 2. The van der Waals surface area contributed by atoms with Crippen molar-refractivity contribution in [2.24, 2.45) is 10.2 Å². The first-order chi connectivity index (χ1) is 19.4. The van der Waals surface area contributed by atoms with Gasteiger partial charge in [0.15, 0.2) is 0 Å². The van der Waals surface area contributed by atoms with E-state index in [1.807, 2.05) is 0 Å². The number of methoxy groups -OCH3 is 2. The van der Waals surface area contributed by atoms with E-state index in [2.05, 4.69) is 21.1 Å². The van der Waals surface area contributed by atoms with Crippen LogP contribution in [0.3, 0.4) is 0 Å². The minimum absolute atomic E-state index is 0.294. The molecule has 2 amide bonds. The first-order valence-electron chi connectivity index (χ1n) is 11.6. The number of amides is 2. The Morgan fingerprint density at radius 2 is 1.07 bits per heavy atom. The quantitative estimate of drug-likeness (QED) is 0.148. The summed E-state index contributed by atoms with van der Waals surface area (Å²) >= 11 is 0. The predicted octanol–water partition coefficient (Wildman–Crippen LogP) is 3.38. The van der Waals surface area contributed by atoms with Crippen LogP contribution < -0.4 is 10.9 Å². The molecule has 0 saturated carbocycles. The van der Waals surface area contributed by atoms with Crippen molar-refractivity contribution >= 4 is 36.2 Å². The van der Waals surface area contributed by atoms with Crippen molar-refractivity contribution < 1.29 is 37.5 Å². The van der Waals surface area contributed by atoms with E-state index < -0.39 is 23.8 Å². The summed E-state index contributed by atoms with van der Waals surface area (Å²) in [6, 6.07) is 19.9. The van der Waals surface area contributed by atoms with Gasteiger partial charge in [-0.15, -0.1) is 0 Å². The van der Waals surface area contributed by atoms with Gasteiger partial charge in [0, 0.05) is 11.1 Å². The van der Waals surface area contributed by atoms with Crippen molar-refractivity contribution in [3.63, 3.8) is 0 Å². The summed E-state index contributed by atoms with van der Waals surface area (Å²) in [5.41, 5.74) is 6.15. The van der Waals surface area contributed by atoms with Crippen LogP contribution in [-0.4, -0.2) is 50.4 Å². The molecule has 0 atom stereocenters. The Hall–Kier alpha value is -5.78. The van der Waals surface area contributed by atoms with Gasteiger partial charge in [0.05, 0.1) is 37.8 Å². The number of rotatable bonds is 8. The van der Waals surface area contributed by atoms with Gasteiger partial charge in [-0.25, -0.2) is 20.4 Å². The summed E-state index contributed by atoms with van der Waals surface area (Å²) < 4.78 is 20.7. The molecule has 12 heteroatoms. The Kier molecular flexibility index (Phi) is 8.62. The number of nitrogens with zero attached hydrogens (tertiary/aromatic N) is 2. The molecule has 0 saturated heterocycles. The first-order valence-corrected chi connectivity index (χ1v) is 11.6. The fraction of sp³-hybridized carbons (Fsp3) is 0.0714. The highest BCUT2D eigenvalue weighted by molar-refractivity contribution is 6.35. The Labute approximate surface area is 227 Å². The van der Waals surface area contributed by atoms with Gasteiger partial charge in [-0.05, 0) is 48.5 Å². The van der Waals surface area contributed by atoms with E-state index in [1.54, 1.807) is 72.8 Å². The lowest BCUT2D eigenvalue weighted by atomic mass is 10.1. The maximum atomic E-state index is 12.0. The molecule has 2 N–H and O–H groups in total. The maximum Gasteiger partial charge on any atom is 0.337 e. The molecule has 40 heavy (non-hydrogen) atoms. The summed E-state index contributed by atoms with van der Waals surface area (Å²) in [4.78, 5) is 47.4. The van der Waals surface area contributed by atoms with Gasteiger partial charge < -0.3 is 18.3 Å². The van der Waals surface area contributed by atoms with Crippen molar-refractivity contribution in [1.82, 2.24) is 10.9 Å². The van der Waals surface area contributed by atoms with E-state index in [1.165, 1.54) is 26.6 Å². The van der Waals surface area contributed by atoms with Crippen LogP contribution in [0.25, 0.3) is 22.6 Å². The Balaban J connectivity index is 1.28. The molecule has 2 heterocycles. The van der Waals surface area contributed by atoms with Crippen LogP contribution in [0.4, 0.5) is 0 Å². The predicted molar refractivity (Wildman–Crippen MR) is 142 cm³/mol. The molecule has 0 spiro atoms. The van der Waals surface area contributed by atoms with Crippen LogP contribution in [-0.2, 0) is 19.1 Å². The second-order valence-electron chi connectivity index (χ2n) is 7.95. The highest BCUT2D eigenvalue weighted by Crippen LogP contribution is 2.24. The van der Waals surface area contributed by atoms with E-state index in [0.717, 1.165) is 0 Å². The smallest absolute Gasteiger partial charge is 0.337 e. The number of hydrazone groups is 2. The number of hydrogen-bond donors (Lipinski definition) is 2. The van der Waals surface area contributed by atoms with Crippen LogP contribution in [0.2, 0.25) is 0 Å². The average Bonchev–Trinajstić information content (AvgIpc) is 3.66. The number of esters is 2. The minimum Gasteiger partial charge on any atom is -0.465 e. The second kappa shape index (κ2) is 12.6. The van der Waals surface area contributed by atoms with E-state index >= 15 is 0 Å². The number of carbonyl (C=O) groups is 4. The lowest BCUT2D eigenvalue weighted by Gasteiger charge is -2.01. The van der Waals surface area contributed by atoms with Crippen molar-refractivity contribution in [3.05, 3.63) is 95.4 Å². The summed E-state index contributed by atoms with van der Waals surface area (Å²) in [6.45, 7) is 0. The van der Waals surface area contributed by atoms with E-state index in [9.17, 15) is 19.2 Å². The zero-order valence-corrected chi connectivity index (χ0v) is 21.2. The van der Waals surface area contributed by atoms with Crippen LogP contribution >= 0.6 is 0 Å². The fourth-order valence-corrected chi connectivity index (χ4v) is 3.40. The molecule has 0 bridgehead atoms. The first kappa shape index (κ1) is 27.3. The SMILES string of the molecule is COC(=O)c1cccc(-c2ccc(C=NNC(=O)C(=O)N/N=C\c3ccc(-c4cccc(C(=O)OC)c4)o3)o2)c1. The Bertz CT molecular complexity index is 1500. The molecular weight excluding hydrogens is 520 g/mol. The van der Waals surface area contributed by atoms with Gasteiger partial charge in [-0.2, -0.15) is 10.2 Å². The number of benzene rings is 2. The highest BCUT2D eigenvalue weighted by atomic mass is 16.5. The normalized spacial score (nSPS) is 10.9. The number of hydrogen-bond acceptors (Lipinski definition) is 10. The fourth-order valence-electron chi connectivity index (χ4n) is 3.40. The molecule has 0 radical (unpaired) electrons. The van der Waals surface area contributed by atoms with Gasteiger partial charge in [0.2, 0.25) is 0 Å². The van der Waals surface area contributed by atoms with Gasteiger partial charge in [-0.1, -0.05) is 24.3 Å². The molecule has 0 aliphatic heterocycles. The summed E-state index contributed by atoms with van der Waals surface area (Å²) in [6.07, 6.45) is 2.42. The van der Waals surface area contributed by atoms with Crippen molar-refractivity contribution in [3.8, 4) is 22.6 Å². The number of carbonyl (C=O) groups excluding carboxylic acids is 4. The van der Waals surface area contributed by atoms with E-state index in [0.29, 0.717) is 45.3 Å². The maximum absolute atomic E-state index is 12.0. The molecule has 2 aromatic carbocycles. The van der Waals surface area contributed by atoms with Crippen molar-refractivity contribution in [2.75, 3.05) is 14.2 Å². The molecule has 0 unspecified atom stereocenters. The van der Waals surface area contributed by atoms with Crippen molar-refractivity contribution in [1.29, 1.82) is 0 Å². The van der Waals surface area contributed by atoms with Crippen LogP contribution in [0.1, 0.15) is 32.2 Å². The standard InChI is InChI=1S/C28H22N4O8/c1-37-27(35)19-7-3-5-17(13-19)23-11-9-21(39-23)15-29-31-25(33)26(34)32-30-16-22-10-12-24(40-22)18-6-4-8-20(14-18)28(36)38-2/h3-16H,1-2H3,(H,31,33)(H,32,34)/b29-15-,30-16?. The zero-order chi connectivity index (χ0) is 28.5. The topological polar surface area (TPSA) is 162 Å². The van der Waals surface area contributed by atoms with Gasteiger partial charge in [0.25, 0.3) is 0 Å². The van der Waals surface area contributed by atoms with E-state index in [-0.39, 0.29) is 0 Å². The third kappa shape index (κ3) is 6.75. The lowest BCUT2D eigenvalue weighted by Crippen LogP contribution is -2.35. The molecule has 202 valence electrons. The zero-order valence-electron chi connectivity index (χ0n) is 21.2. The van der Waals surface area contributed by atoms with Crippen LogP contribution in [0.15, 0.2) is 91.8 Å². The number of ether oxygens (including phenoxy) is 2. The van der Waals surface area contributed by atoms with Gasteiger partial charge in [0.1, 0.15) is 23.0 Å². The molecular formula is C28H22N4O8. The molecule has 4 aromatic rings. The Morgan fingerprint density at radius 1 is 0.650 bits per heavy atom. The Morgan fingerprint density at radius 3 is 1.48 bits per heavy atom. The third-order valence-corrected chi connectivity index (χ3v) is 5.31. The number of nitrogens with one attached hydrogen (secondary N) is 2. The lowest BCUT2D eigenvalue weighted by molar-refractivity contribution is -0.139. The monoisotopic (exact) mass is 542 g/mol. The van der Waals surface area contributed by atoms with E-state index in [4.69, 9.17) is 18.3 Å². The van der Waals surface area contributed by atoms with Crippen molar-refractivity contribution in [2.45, 2.75) is 0 Å². The molecule has 2 aromatic heterocycles. The molecule has 0 aliphatic rings.